The highest BCUT2D eigenvalue weighted by atomic mass is 32.2. The fraction of sp³-hybridized carbons (Fsp3) is 0.516. The van der Waals surface area contributed by atoms with Crippen LogP contribution >= 0.6 is 0 Å². The minimum absolute atomic E-state index is 0.227. The molecule has 0 aliphatic heterocycles. The van der Waals surface area contributed by atoms with Gasteiger partial charge in [-0.25, -0.2) is 9.59 Å². The van der Waals surface area contributed by atoms with E-state index in [0.717, 1.165) is 5.56 Å². The number of aryl methyl sites for hydroxylation is 1. The number of alkyl carbamates (subject to hydrolysis) is 1. The van der Waals surface area contributed by atoms with Gasteiger partial charge in [-0.2, -0.15) is 8.42 Å². The molecule has 2 amide bonds. The van der Waals surface area contributed by atoms with Crippen molar-refractivity contribution in [2.24, 2.45) is 5.41 Å². The lowest BCUT2D eigenvalue weighted by atomic mass is 9.70. The average Bonchev–Trinajstić information content (AvgIpc) is 2.92. The zero-order valence-corrected chi connectivity index (χ0v) is 28.2. The number of hydrogen-bond donors (Lipinski definition) is 3. The largest absolute Gasteiger partial charge is 0.496 e. The van der Waals surface area contributed by atoms with Crippen LogP contribution in [0.1, 0.15) is 59.1 Å². The summed E-state index contributed by atoms with van der Waals surface area (Å²) in [7, 11) is -0.325. The molecule has 2 rings (SSSR count). The fourth-order valence-electron chi connectivity index (χ4n) is 4.39. The number of amides is 2. The molecule has 0 aliphatic carbocycles. The first-order chi connectivity index (χ1) is 20.7. The van der Waals surface area contributed by atoms with E-state index in [1.165, 1.54) is 54.2 Å². The number of nitrogens with one attached hydrogen (secondary N) is 2. The van der Waals surface area contributed by atoms with Gasteiger partial charge in [0.2, 0.25) is 0 Å². The maximum absolute atomic E-state index is 13.8. The second-order valence-electron chi connectivity index (χ2n) is 12.4. The third kappa shape index (κ3) is 9.47. The number of hydrogen-bond acceptors (Lipinski definition) is 10. The van der Waals surface area contributed by atoms with Gasteiger partial charge >= 0.3 is 12.1 Å². The average molecular weight is 653 g/mol. The highest BCUT2D eigenvalue weighted by Gasteiger charge is 2.54. The smallest absolute Gasteiger partial charge is 0.408 e. The van der Waals surface area contributed by atoms with E-state index in [1.54, 1.807) is 52.0 Å². The second kappa shape index (κ2) is 14.4. The van der Waals surface area contributed by atoms with Gasteiger partial charge in [0, 0.05) is 18.6 Å². The molecule has 250 valence electrons. The quantitative estimate of drug-likeness (QED) is 0.265. The van der Waals surface area contributed by atoms with Crippen LogP contribution in [0.4, 0.5) is 4.79 Å². The van der Waals surface area contributed by atoms with Gasteiger partial charge in [0.1, 0.15) is 28.4 Å². The summed E-state index contributed by atoms with van der Waals surface area (Å²) in [5, 5.41) is 15.5. The summed E-state index contributed by atoms with van der Waals surface area (Å²) >= 11 is 0. The van der Waals surface area contributed by atoms with Crippen LogP contribution in [0.3, 0.4) is 0 Å². The highest BCUT2D eigenvalue weighted by Crippen LogP contribution is 2.37. The maximum Gasteiger partial charge on any atom is 0.408 e. The normalized spacial score (nSPS) is 14.0. The molecule has 14 heteroatoms. The van der Waals surface area contributed by atoms with Gasteiger partial charge < -0.3 is 34.7 Å². The van der Waals surface area contributed by atoms with Crippen molar-refractivity contribution >= 4 is 28.1 Å². The Morgan fingerprint density at radius 2 is 1.42 bits per heavy atom. The Morgan fingerprint density at radius 3 is 1.84 bits per heavy atom. The molecule has 0 fully saturated rings. The predicted molar refractivity (Wildman–Crippen MR) is 165 cm³/mol. The number of ether oxygens (including phenoxy) is 4. The topological polar surface area (TPSA) is 176 Å². The highest BCUT2D eigenvalue weighted by molar-refractivity contribution is 7.86. The molecule has 0 unspecified atom stereocenters. The van der Waals surface area contributed by atoms with Crippen molar-refractivity contribution in [3.8, 4) is 17.2 Å². The molecule has 13 nitrogen and oxygen atoms in total. The first-order valence-electron chi connectivity index (χ1n) is 14.0. The molecule has 45 heavy (non-hydrogen) atoms. The number of carbonyl (C=O) groups excluding carboxylic acids is 2. The van der Waals surface area contributed by atoms with Gasteiger partial charge in [0.05, 0.1) is 38.3 Å². The second-order valence-corrected chi connectivity index (χ2v) is 13.9. The van der Waals surface area contributed by atoms with E-state index in [9.17, 15) is 27.9 Å². The summed E-state index contributed by atoms with van der Waals surface area (Å²) in [6.07, 6.45) is -3.80. The van der Waals surface area contributed by atoms with Gasteiger partial charge in [-0.3, -0.25) is 8.98 Å². The van der Waals surface area contributed by atoms with E-state index < -0.39 is 57.2 Å². The van der Waals surface area contributed by atoms with Crippen molar-refractivity contribution in [1.29, 1.82) is 0 Å². The van der Waals surface area contributed by atoms with Gasteiger partial charge in [-0.15, -0.1) is 0 Å². The monoisotopic (exact) mass is 652 g/mol. The molecule has 0 saturated carbocycles. The van der Waals surface area contributed by atoms with Crippen molar-refractivity contribution in [2.45, 2.75) is 83.6 Å². The van der Waals surface area contributed by atoms with Gasteiger partial charge in [0.25, 0.3) is 16.0 Å². The number of aliphatic carboxylic acids is 1. The van der Waals surface area contributed by atoms with Crippen molar-refractivity contribution < 1.29 is 51.0 Å². The van der Waals surface area contributed by atoms with Crippen LogP contribution in [0, 0.1) is 12.3 Å². The van der Waals surface area contributed by atoms with E-state index >= 15 is 0 Å². The number of carboxylic acid groups (broad SMARTS) is 1. The molecule has 0 bridgehead atoms. The first kappa shape index (κ1) is 37.1. The molecule has 0 aliphatic rings. The SMILES string of the molecule is COc1cc(OC)c(CNC(=O)[C@@H](C[C@](NC(=O)OC(C)(C)C)(C(=O)O)C(C)(C)C)OS(=O)(=O)c2ccc(C)cc2)c(OC)c1. The van der Waals surface area contributed by atoms with Gasteiger partial charge in [-0.05, 0) is 45.2 Å². The Bertz CT molecular complexity index is 1450. The fourth-order valence-corrected chi connectivity index (χ4v) is 5.43. The number of methoxy groups -OCH3 is 3. The molecule has 0 aromatic heterocycles. The Kier molecular flexibility index (Phi) is 11.9. The van der Waals surface area contributed by atoms with Crippen LogP contribution in [-0.4, -0.2) is 70.1 Å². The van der Waals surface area contributed by atoms with Crippen molar-refractivity contribution in [3.05, 3.63) is 47.5 Å². The standard InChI is InChI=1S/C31H44N2O11S/c1-19-11-13-21(14-12-19)45(38,39)44-25(17-31(27(35)36,29(2,3)4)33-28(37)43-30(5,6)7)26(34)32-18-22-23(41-9)15-20(40-8)16-24(22)42-10/h11-16,25H,17-18H2,1-10H3,(H,32,34)(H,33,37)(H,35,36)/t25-,31+/m1/s1. The molecular formula is C31H44N2O11S. The molecule has 2 aromatic rings. The zero-order valence-electron chi connectivity index (χ0n) is 27.4. The van der Waals surface area contributed by atoms with Crippen LogP contribution in [-0.2, 0) is 35.2 Å². The maximum atomic E-state index is 13.8. The van der Waals surface area contributed by atoms with Gasteiger partial charge in [0.15, 0.2) is 6.10 Å². The number of benzene rings is 2. The van der Waals surface area contributed by atoms with Crippen LogP contribution in [0.2, 0.25) is 0 Å². The van der Waals surface area contributed by atoms with Crippen LogP contribution in [0.25, 0.3) is 0 Å². The van der Waals surface area contributed by atoms with Crippen molar-refractivity contribution in [3.63, 3.8) is 0 Å². The third-order valence-electron chi connectivity index (χ3n) is 6.95. The third-order valence-corrected chi connectivity index (χ3v) is 8.29. The van der Waals surface area contributed by atoms with Gasteiger partial charge in [-0.1, -0.05) is 38.5 Å². The lowest BCUT2D eigenvalue weighted by Gasteiger charge is -2.43. The Hall–Kier alpha value is -4.04. The number of carbonyl (C=O) groups is 3. The minimum atomic E-state index is -4.60. The van der Waals surface area contributed by atoms with E-state index in [0.29, 0.717) is 22.8 Å². The summed E-state index contributed by atoms with van der Waals surface area (Å²) < 4.78 is 53.7. The molecule has 0 spiro atoms. The molecule has 0 saturated heterocycles. The van der Waals surface area contributed by atoms with Crippen LogP contribution in [0.15, 0.2) is 41.3 Å². The summed E-state index contributed by atoms with van der Waals surface area (Å²) in [5.41, 5.74) is -3.33. The van der Waals surface area contributed by atoms with Crippen molar-refractivity contribution in [2.75, 3.05) is 21.3 Å². The first-order valence-corrected chi connectivity index (χ1v) is 15.4. The number of rotatable bonds is 13. The molecule has 0 radical (unpaired) electrons. The van der Waals surface area contributed by atoms with E-state index in [-0.39, 0.29) is 11.4 Å². The van der Waals surface area contributed by atoms with E-state index in [1.807, 2.05) is 0 Å². The number of carboxylic acids is 1. The van der Waals surface area contributed by atoms with E-state index in [2.05, 4.69) is 10.6 Å². The summed E-state index contributed by atoms with van der Waals surface area (Å²) in [5.74, 6) is -1.48. The molecular weight excluding hydrogens is 608 g/mol. The van der Waals surface area contributed by atoms with Crippen LogP contribution in [0.5, 0.6) is 17.2 Å². The van der Waals surface area contributed by atoms with Crippen molar-refractivity contribution in [1.82, 2.24) is 10.6 Å². The lowest BCUT2D eigenvalue weighted by Crippen LogP contribution is -2.65. The zero-order chi connectivity index (χ0) is 34.4. The molecule has 0 heterocycles. The molecule has 2 atom stereocenters. The summed E-state index contributed by atoms with van der Waals surface area (Å²) in [4.78, 5) is 39.4. The van der Waals surface area contributed by atoms with E-state index in [4.69, 9.17) is 23.1 Å². The minimum Gasteiger partial charge on any atom is -0.496 e. The Labute approximate surface area is 264 Å². The Morgan fingerprint density at radius 1 is 0.889 bits per heavy atom. The predicted octanol–water partition coefficient (Wildman–Crippen LogP) is 4.20. The lowest BCUT2D eigenvalue weighted by molar-refractivity contribution is -0.153. The molecule has 2 aromatic carbocycles. The summed E-state index contributed by atoms with van der Waals surface area (Å²) in [6, 6.07) is 8.85. The summed E-state index contributed by atoms with van der Waals surface area (Å²) in [6.45, 7) is 10.9. The Balaban J connectivity index is 2.62. The van der Waals surface area contributed by atoms with Crippen LogP contribution < -0.4 is 24.8 Å². The molecule has 3 N–H and O–H groups in total.